The maximum atomic E-state index is 3.31. The van der Waals surface area contributed by atoms with Crippen LogP contribution >= 0.6 is 9.24 Å². The molecule has 2 aliphatic carbocycles. The third-order valence-electron chi connectivity index (χ3n) is 8.78. The molecule has 0 saturated heterocycles. The number of benzene rings is 2. The molecule has 1 unspecified atom stereocenters. The Kier molecular flexibility index (Phi) is 8.61. The predicted molar refractivity (Wildman–Crippen MR) is 155 cm³/mol. The zero-order valence-corrected chi connectivity index (χ0v) is 24.0. The van der Waals surface area contributed by atoms with Crippen LogP contribution in [0.2, 0.25) is 0 Å². The summed E-state index contributed by atoms with van der Waals surface area (Å²) in [6, 6.07) is 10.1. The molecule has 2 aromatic carbocycles. The van der Waals surface area contributed by atoms with Gasteiger partial charge in [-0.05, 0) is 99.5 Å². The molecule has 2 aromatic rings. The van der Waals surface area contributed by atoms with Crippen LogP contribution in [0.1, 0.15) is 163 Å². The maximum absolute atomic E-state index is 3.31. The summed E-state index contributed by atoms with van der Waals surface area (Å²) in [6.07, 6.45) is 14.0. The van der Waals surface area contributed by atoms with Crippen LogP contribution in [0, 0.1) is 0 Å². The van der Waals surface area contributed by atoms with Crippen LogP contribution in [-0.4, -0.2) is 0 Å². The van der Waals surface area contributed by atoms with Gasteiger partial charge < -0.3 is 0 Å². The van der Waals surface area contributed by atoms with Gasteiger partial charge in [-0.1, -0.05) is 104 Å². The van der Waals surface area contributed by atoms with Crippen molar-refractivity contribution in [3.05, 3.63) is 52.1 Å². The van der Waals surface area contributed by atoms with Crippen molar-refractivity contribution in [2.24, 2.45) is 0 Å². The van der Waals surface area contributed by atoms with E-state index in [4.69, 9.17) is 0 Å². The molecule has 0 radical (unpaired) electrons. The molecule has 0 N–H and O–H groups in total. The minimum atomic E-state index is 0.522. The lowest BCUT2D eigenvalue weighted by atomic mass is 9.73. The molecule has 0 spiro atoms. The lowest BCUT2D eigenvalue weighted by molar-refractivity contribution is 0.420. The Labute approximate surface area is 212 Å². The largest absolute Gasteiger partial charge is 0.105 e. The first-order chi connectivity index (χ1) is 16.3. The van der Waals surface area contributed by atoms with Crippen molar-refractivity contribution in [2.75, 3.05) is 0 Å². The Balaban J connectivity index is 1.97. The first-order valence-corrected chi connectivity index (χ1v) is 15.0. The highest BCUT2D eigenvalue weighted by Gasteiger charge is 2.30. The first-order valence-electron chi connectivity index (χ1n) is 14.4. The van der Waals surface area contributed by atoms with Crippen molar-refractivity contribution in [1.29, 1.82) is 0 Å². The second-order valence-corrected chi connectivity index (χ2v) is 12.8. The molecule has 0 bridgehead atoms. The fraction of sp³-hybridized carbons (Fsp3) is 0.636. The van der Waals surface area contributed by atoms with Crippen LogP contribution in [0.25, 0.3) is 11.1 Å². The van der Waals surface area contributed by atoms with E-state index in [1.165, 1.54) is 86.2 Å². The quantitative estimate of drug-likeness (QED) is 0.364. The van der Waals surface area contributed by atoms with Gasteiger partial charge in [0.2, 0.25) is 0 Å². The summed E-state index contributed by atoms with van der Waals surface area (Å²) in [5, 5.41) is 1.54. The zero-order chi connectivity index (χ0) is 24.4. The van der Waals surface area contributed by atoms with Gasteiger partial charge in [0.05, 0.1) is 0 Å². The van der Waals surface area contributed by atoms with E-state index in [9.17, 15) is 0 Å². The summed E-state index contributed by atoms with van der Waals surface area (Å²) in [6.45, 7) is 14.2. The summed E-state index contributed by atoms with van der Waals surface area (Å²) < 4.78 is 0. The molecule has 1 heteroatoms. The molecule has 2 aliphatic rings. The van der Waals surface area contributed by atoms with E-state index < -0.39 is 0 Å². The fourth-order valence-corrected chi connectivity index (χ4v) is 7.49. The highest BCUT2D eigenvalue weighted by molar-refractivity contribution is 7.28. The van der Waals surface area contributed by atoms with E-state index in [-0.39, 0.29) is 0 Å². The van der Waals surface area contributed by atoms with Crippen LogP contribution < -0.4 is 5.30 Å². The van der Waals surface area contributed by atoms with Gasteiger partial charge >= 0.3 is 0 Å². The molecule has 0 heterocycles. The van der Waals surface area contributed by atoms with Gasteiger partial charge in [0.1, 0.15) is 0 Å². The fourth-order valence-electron chi connectivity index (χ4n) is 6.76. The Morgan fingerprint density at radius 2 is 1.21 bits per heavy atom. The van der Waals surface area contributed by atoms with Crippen molar-refractivity contribution in [3.8, 4) is 11.1 Å². The smallest absolute Gasteiger partial charge is 0.00716 e. The van der Waals surface area contributed by atoms with Gasteiger partial charge in [-0.15, -0.1) is 9.24 Å². The molecular formula is C33H49P. The Hall–Kier alpha value is -1.13. The summed E-state index contributed by atoms with van der Waals surface area (Å²) in [4.78, 5) is 0. The minimum Gasteiger partial charge on any atom is -0.105 e. The number of hydrogen-bond donors (Lipinski definition) is 0. The van der Waals surface area contributed by atoms with Gasteiger partial charge in [0.15, 0.2) is 0 Å². The third-order valence-corrected chi connectivity index (χ3v) is 9.38. The van der Waals surface area contributed by atoms with Crippen LogP contribution in [0.4, 0.5) is 0 Å². The molecule has 0 aromatic heterocycles. The molecule has 2 saturated carbocycles. The van der Waals surface area contributed by atoms with Gasteiger partial charge in [-0.25, -0.2) is 0 Å². The van der Waals surface area contributed by atoms with E-state index in [2.05, 4.69) is 75.0 Å². The lowest BCUT2D eigenvalue weighted by Crippen LogP contribution is -2.22. The second-order valence-electron chi connectivity index (χ2n) is 12.2. The van der Waals surface area contributed by atoms with Crippen LogP contribution in [-0.2, 0) is 0 Å². The van der Waals surface area contributed by atoms with E-state index in [1.807, 2.05) is 0 Å². The van der Waals surface area contributed by atoms with Crippen LogP contribution in [0.15, 0.2) is 24.3 Å². The average molecular weight is 477 g/mol. The Morgan fingerprint density at radius 3 is 1.74 bits per heavy atom. The number of rotatable bonds is 6. The summed E-state index contributed by atoms with van der Waals surface area (Å²) in [5.41, 5.74) is 11.1. The van der Waals surface area contributed by atoms with E-state index >= 15 is 0 Å². The Bertz CT molecular complexity index is 969. The molecule has 34 heavy (non-hydrogen) atoms. The van der Waals surface area contributed by atoms with Gasteiger partial charge in [0, 0.05) is 0 Å². The second kappa shape index (κ2) is 11.3. The minimum absolute atomic E-state index is 0.522. The van der Waals surface area contributed by atoms with Crippen molar-refractivity contribution in [3.63, 3.8) is 0 Å². The lowest BCUT2D eigenvalue weighted by Gasteiger charge is -2.34. The molecule has 4 rings (SSSR count). The summed E-state index contributed by atoms with van der Waals surface area (Å²) >= 11 is 0. The zero-order valence-electron chi connectivity index (χ0n) is 22.8. The van der Waals surface area contributed by atoms with Crippen LogP contribution in [0.5, 0.6) is 0 Å². The van der Waals surface area contributed by atoms with E-state index in [1.54, 1.807) is 22.3 Å². The standard InChI is InChI=1S/C33H49P/c1-21(2)26-17-18-27(28(19-26)22(3)4)32-29(23(5)6)20-30(24-13-9-7-10-14-24)31(33(32)34)25-15-11-8-12-16-25/h17-25H,7-16,34H2,1-6H3. The maximum Gasteiger partial charge on any atom is -0.00716 e. The highest BCUT2D eigenvalue weighted by Crippen LogP contribution is 2.45. The van der Waals surface area contributed by atoms with Crippen molar-refractivity contribution in [1.82, 2.24) is 0 Å². The van der Waals surface area contributed by atoms with E-state index in [0.29, 0.717) is 17.8 Å². The topological polar surface area (TPSA) is 0 Å². The first kappa shape index (κ1) is 25.9. The normalized spacial score (nSPS) is 18.4. The van der Waals surface area contributed by atoms with Crippen molar-refractivity contribution < 1.29 is 0 Å². The van der Waals surface area contributed by atoms with Crippen LogP contribution in [0.3, 0.4) is 0 Å². The van der Waals surface area contributed by atoms with E-state index in [0.717, 1.165) is 11.8 Å². The van der Waals surface area contributed by atoms with Gasteiger partial charge in [-0.3, -0.25) is 0 Å². The molecular weight excluding hydrogens is 427 g/mol. The molecule has 186 valence electrons. The molecule has 0 aliphatic heterocycles. The van der Waals surface area contributed by atoms with Gasteiger partial charge in [-0.2, -0.15) is 0 Å². The monoisotopic (exact) mass is 476 g/mol. The number of hydrogen-bond acceptors (Lipinski definition) is 0. The van der Waals surface area contributed by atoms with Gasteiger partial charge in [0.25, 0.3) is 0 Å². The van der Waals surface area contributed by atoms with Crippen molar-refractivity contribution >= 4 is 14.5 Å². The predicted octanol–water partition coefficient (Wildman–Crippen LogP) is 10.3. The average Bonchev–Trinajstić information content (AvgIpc) is 2.84. The summed E-state index contributed by atoms with van der Waals surface area (Å²) in [5.74, 6) is 3.13. The van der Waals surface area contributed by atoms with Crippen molar-refractivity contribution in [2.45, 2.75) is 135 Å². The Morgan fingerprint density at radius 1 is 0.647 bits per heavy atom. The molecule has 1 atom stereocenters. The molecule has 2 fully saturated rings. The third kappa shape index (κ3) is 5.33. The summed E-state index contributed by atoms with van der Waals surface area (Å²) in [7, 11) is 3.31. The molecule has 0 amide bonds. The molecule has 0 nitrogen and oxygen atoms in total. The SMILES string of the molecule is CC(C)c1ccc(-c2c(C(C)C)cc(C3CCCCC3)c(C3CCCCC3)c2P)c(C(C)C)c1. The highest BCUT2D eigenvalue weighted by atomic mass is 31.0.